The van der Waals surface area contributed by atoms with Gasteiger partial charge in [-0.15, -0.1) is 0 Å². The fourth-order valence-corrected chi connectivity index (χ4v) is 2.95. The molecule has 0 bridgehead atoms. The average molecular weight is 447 g/mol. The summed E-state index contributed by atoms with van der Waals surface area (Å²) in [6.07, 6.45) is -0.721. The van der Waals surface area contributed by atoms with Gasteiger partial charge >= 0.3 is 17.9 Å². The molecule has 170 valence electrons. The van der Waals surface area contributed by atoms with Crippen molar-refractivity contribution in [3.05, 3.63) is 108 Å². The van der Waals surface area contributed by atoms with Crippen LogP contribution < -0.4 is 5.73 Å². The Kier molecular flexibility index (Phi) is 8.32. The Hall–Kier alpha value is -3.97. The van der Waals surface area contributed by atoms with E-state index < -0.39 is 29.9 Å². The third kappa shape index (κ3) is 7.02. The van der Waals surface area contributed by atoms with Gasteiger partial charge in [-0.25, -0.2) is 9.59 Å². The van der Waals surface area contributed by atoms with Crippen LogP contribution in [0.4, 0.5) is 0 Å². The maximum atomic E-state index is 12.8. The van der Waals surface area contributed by atoms with E-state index in [2.05, 4.69) is 0 Å². The molecule has 0 saturated carbocycles. The minimum Gasteiger partial charge on any atom is -0.461 e. The van der Waals surface area contributed by atoms with Gasteiger partial charge in [0.2, 0.25) is 5.54 Å². The van der Waals surface area contributed by atoms with Crippen molar-refractivity contribution in [2.24, 2.45) is 5.73 Å². The second-order valence-corrected chi connectivity index (χ2v) is 7.42. The molecule has 2 N–H and O–H groups in total. The monoisotopic (exact) mass is 447 g/mol. The molecule has 0 spiro atoms. The van der Waals surface area contributed by atoms with Crippen molar-refractivity contribution in [1.82, 2.24) is 0 Å². The molecule has 0 aliphatic carbocycles. The number of esters is 3. The third-order valence-corrected chi connectivity index (χ3v) is 4.82. The van der Waals surface area contributed by atoms with Crippen molar-refractivity contribution < 1.29 is 28.6 Å². The van der Waals surface area contributed by atoms with Crippen LogP contribution in [0.5, 0.6) is 0 Å². The Morgan fingerprint density at radius 3 is 1.27 bits per heavy atom. The summed E-state index contributed by atoms with van der Waals surface area (Å²) < 4.78 is 15.7. The summed E-state index contributed by atoms with van der Waals surface area (Å²) in [7, 11) is 0. The normalized spacial score (nSPS) is 10.8. The highest BCUT2D eigenvalue weighted by Crippen LogP contribution is 2.17. The average Bonchev–Trinajstić information content (AvgIpc) is 2.86. The minimum absolute atomic E-state index is 0.0200. The van der Waals surface area contributed by atoms with Gasteiger partial charge in [-0.05, 0) is 16.7 Å². The standard InChI is InChI=1S/C26H25NO6/c27-26(24(29)32-18-21-12-6-2-7-13-21,25(30)33-19-22-14-8-3-9-15-22)16-23(28)31-17-20-10-4-1-5-11-20/h1-15H,16-19,27H2. The molecule has 3 rings (SSSR count). The maximum Gasteiger partial charge on any atom is 0.338 e. The van der Waals surface area contributed by atoms with Crippen molar-refractivity contribution in [2.75, 3.05) is 0 Å². The Labute approximate surface area is 192 Å². The van der Waals surface area contributed by atoms with Crippen LogP contribution in [0.15, 0.2) is 91.0 Å². The van der Waals surface area contributed by atoms with Gasteiger partial charge in [0, 0.05) is 0 Å². The molecular formula is C26H25NO6. The molecule has 0 radical (unpaired) electrons. The summed E-state index contributed by atoms with van der Waals surface area (Å²) in [5.74, 6) is -2.96. The quantitative estimate of drug-likeness (QED) is 0.289. The number of hydrogen-bond acceptors (Lipinski definition) is 7. The largest absolute Gasteiger partial charge is 0.461 e. The lowest BCUT2D eigenvalue weighted by Gasteiger charge is -2.24. The van der Waals surface area contributed by atoms with E-state index in [9.17, 15) is 14.4 Å². The first-order valence-corrected chi connectivity index (χ1v) is 10.4. The highest BCUT2D eigenvalue weighted by atomic mass is 16.6. The molecule has 33 heavy (non-hydrogen) atoms. The Morgan fingerprint density at radius 1 is 0.576 bits per heavy atom. The van der Waals surface area contributed by atoms with Gasteiger partial charge in [0.05, 0.1) is 6.42 Å². The zero-order valence-electron chi connectivity index (χ0n) is 18.0. The Bertz CT molecular complexity index is 998. The number of hydrogen-bond donors (Lipinski definition) is 1. The van der Waals surface area contributed by atoms with Crippen molar-refractivity contribution in [3.63, 3.8) is 0 Å². The number of carbonyl (C=O) groups is 3. The lowest BCUT2D eigenvalue weighted by atomic mass is 9.96. The number of benzene rings is 3. The predicted molar refractivity (Wildman–Crippen MR) is 120 cm³/mol. The van der Waals surface area contributed by atoms with Crippen LogP contribution in [0.2, 0.25) is 0 Å². The topological polar surface area (TPSA) is 105 Å². The van der Waals surface area contributed by atoms with E-state index in [1.54, 1.807) is 72.8 Å². The summed E-state index contributed by atoms with van der Waals surface area (Å²) in [4.78, 5) is 38.2. The van der Waals surface area contributed by atoms with E-state index in [0.717, 1.165) is 5.56 Å². The second kappa shape index (κ2) is 11.6. The molecule has 7 nitrogen and oxygen atoms in total. The molecule has 0 unspecified atom stereocenters. The smallest absolute Gasteiger partial charge is 0.338 e. The SMILES string of the molecule is NC(CC(=O)OCc1ccccc1)(C(=O)OCc1ccccc1)C(=O)OCc1ccccc1. The van der Waals surface area contributed by atoms with Gasteiger partial charge in [0.15, 0.2) is 0 Å². The molecule has 0 saturated heterocycles. The van der Waals surface area contributed by atoms with E-state index in [-0.39, 0.29) is 19.8 Å². The Balaban J connectivity index is 1.68. The minimum atomic E-state index is -2.35. The van der Waals surface area contributed by atoms with Gasteiger partial charge in [0.1, 0.15) is 19.8 Å². The van der Waals surface area contributed by atoms with E-state index in [4.69, 9.17) is 19.9 Å². The molecule has 0 fully saturated rings. The lowest BCUT2D eigenvalue weighted by molar-refractivity contribution is -0.170. The zero-order chi connectivity index (χ0) is 23.5. The molecule has 3 aromatic rings. The molecule has 3 aromatic carbocycles. The molecule has 0 atom stereocenters. The van der Waals surface area contributed by atoms with Crippen LogP contribution in [0.25, 0.3) is 0 Å². The molecule has 0 aromatic heterocycles. The van der Waals surface area contributed by atoms with Gasteiger partial charge in [0.25, 0.3) is 0 Å². The molecule has 0 aliphatic heterocycles. The number of carbonyl (C=O) groups excluding carboxylic acids is 3. The Morgan fingerprint density at radius 2 is 0.909 bits per heavy atom. The van der Waals surface area contributed by atoms with Gasteiger partial charge in [-0.2, -0.15) is 0 Å². The first-order valence-electron chi connectivity index (χ1n) is 10.4. The van der Waals surface area contributed by atoms with Crippen LogP contribution in [0, 0.1) is 0 Å². The van der Waals surface area contributed by atoms with Gasteiger partial charge in [-0.3, -0.25) is 4.79 Å². The van der Waals surface area contributed by atoms with Crippen LogP contribution in [-0.4, -0.2) is 23.4 Å². The lowest BCUT2D eigenvalue weighted by Crippen LogP contribution is -2.58. The van der Waals surface area contributed by atoms with Crippen molar-refractivity contribution in [1.29, 1.82) is 0 Å². The van der Waals surface area contributed by atoms with E-state index >= 15 is 0 Å². The van der Waals surface area contributed by atoms with E-state index in [0.29, 0.717) is 11.1 Å². The zero-order valence-corrected chi connectivity index (χ0v) is 18.0. The third-order valence-electron chi connectivity index (χ3n) is 4.82. The number of rotatable bonds is 10. The first kappa shape index (κ1) is 23.7. The highest BCUT2D eigenvalue weighted by Gasteiger charge is 2.48. The van der Waals surface area contributed by atoms with Crippen molar-refractivity contribution in [3.8, 4) is 0 Å². The van der Waals surface area contributed by atoms with Crippen LogP contribution in [0.1, 0.15) is 23.1 Å². The van der Waals surface area contributed by atoms with Gasteiger partial charge < -0.3 is 19.9 Å². The number of nitrogens with two attached hydrogens (primary N) is 1. The van der Waals surface area contributed by atoms with E-state index in [1.165, 1.54) is 0 Å². The maximum absolute atomic E-state index is 12.8. The molecule has 0 aliphatic rings. The summed E-state index contributed by atoms with van der Waals surface area (Å²) in [6, 6.07) is 26.8. The van der Waals surface area contributed by atoms with Crippen LogP contribution in [0.3, 0.4) is 0 Å². The first-order chi connectivity index (χ1) is 16.0. The van der Waals surface area contributed by atoms with Crippen molar-refractivity contribution in [2.45, 2.75) is 31.8 Å². The van der Waals surface area contributed by atoms with Crippen LogP contribution in [-0.2, 0) is 48.4 Å². The summed E-state index contributed by atoms with van der Waals surface area (Å²) in [5, 5.41) is 0. The van der Waals surface area contributed by atoms with E-state index in [1.807, 2.05) is 18.2 Å². The molecule has 0 amide bonds. The van der Waals surface area contributed by atoms with Gasteiger partial charge in [-0.1, -0.05) is 91.0 Å². The fourth-order valence-electron chi connectivity index (χ4n) is 2.95. The number of ether oxygens (including phenoxy) is 3. The molecule has 7 heteroatoms. The highest BCUT2D eigenvalue weighted by molar-refractivity contribution is 6.07. The summed E-state index contributed by atoms with van der Waals surface area (Å²) in [5.41, 5.74) is 5.95. The predicted octanol–water partition coefficient (Wildman–Crippen LogP) is 3.30. The summed E-state index contributed by atoms with van der Waals surface area (Å²) >= 11 is 0. The second-order valence-electron chi connectivity index (χ2n) is 7.42. The molecular weight excluding hydrogens is 422 g/mol. The summed E-state index contributed by atoms with van der Waals surface area (Å²) in [6.45, 7) is -0.235. The van der Waals surface area contributed by atoms with Crippen molar-refractivity contribution >= 4 is 17.9 Å². The fraction of sp³-hybridized carbons (Fsp3) is 0.192. The van der Waals surface area contributed by atoms with Crippen LogP contribution >= 0.6 is 0 Å². The molecule has 0 heterocycles.